The normalized spacial score (nSPS) is 12.7. The van der Waals surface area contributed by atoms with Gasteiger partial charge in [-0.1, -0.05) is 13.0 Å². The van der Waals surface area contributed by atoms with Gasteiger partial charge in [0.25, 0.3) is 0 Å². The fraction of sp³-hybridized carbons (Fsp3) is 0.400. The zero-order valence-electron chi connectivity index (χ0n) is 12.3. The number of nitrogens with two attached hydrogens (primary N) is 1. The molecule has 1 heterocycles. The summed E-state index contributed by atoms with van der Waals surface area (Å²) in [6.07, 6.45) is 1.08. The molecule has 1 atom stereocenters. The van der Waals surface area contributed by atoms with E-state index in [-0.39, 0.29) is 5.56 Å². The molecule has 114 valence electrons. The molecular formula is C15H18BrF2N3. The van der Waals surface area contributed by atoms with Crippen LogP contribution in [0, 0.1) is 18.6 Å². The van der Waals surface area contributed by atoms with E-state index in [0.717, 1.165) is 22.3 Å². The lowest BCUT2D eigenvalue weighted by atomic mass is 9.99. The molecule has 0 saturated heterocycles. The van der Waals surface area contributed by atoms with Gasteiger partial charge in [-0.25, -0.2) is 8.78 Å². The molecule has 0 fully saturated rings. The minimum atomic E-state index is -0.763. The Kier molecular flexibility index (Phi) is 4.78. The van der Waals surface area contributed by atoms with Crippen LogP contribution in [0.25, 0.3) is 0 Å². The van der Waals surface area contributed by atoms with Crippen LogP contribution in [0.4, 0.5) is 8.78 Å². The van der Waals surface area contributed by atoms with E-state index >= 15 is 0 Å². The van der Waals surface area contributed by atoms with Crippen LogP contribution >= 0.6 is 15.9 Å². The molecule has 1 unspecified atom stereocenters. The van der Waals surface area contributed by atoms with Gasteiger partial charge in [-0.15, -0.1) is 0 Å². The predicted octanol–water partition coefficient (Wildman–Crippen LogP) is 3.57. The fourth-order valence-corrected chi connectivity index (χ4v) is 3.15. The molecule has 2 N–H and O–H groups in total. The van der Waals surface area contributed by atoms with Gasteiger partial charge in [-0.2, -0.15) is 5.10 Å². The van der Waals surface area contributed by atoms with Crippen LogP contribution in [-0.2, 0) is 19.9 Å². The lowest BCUT2D eigenvalue weighted by molar-refractivity contribution is 0.513. The standard InChI is InChI=1S/C15H18BrF2N3/c1-4-11-14(16)12(21(3)20-11)7-10(19)13-9(17)6-5-8(2)15(13)18/h5-6,10H,4,7,19H2,1-3H3. The van der Waals surface area contributed by atoms with Crippen molar-refractivity contribution < 1.29 is 8.78 Å². The predicted molar refractivity (Wildman–Crippen MR) is 82.0 cm³/mol. The Morgan fingerprint density at radius 1 is 1.38 bits per heavy atom. The Hall–Kier alpha value is -1.27. The van der Waals surface area contributed by atoms with Crippen molar-refractivity contribution in [1.82, 2.24) is 9.78 Å². The van der Waals surface area contributed by atoms with E-state index < -0.39 is 17.7 Å². The van der Waals surface area contributed by atoms with Crippen molar-refractivity contribution in [1.29, 1.82) is 0 Å². The summed E-state index contributed by atoms with van der Waals surface area (Å²) in [5, 5.41) is 4.36. The molecule has 0 radical (unpaired) electrons. The van der Waals surface area contributed by atoms with E-state index in [0.29, 0.717) is 12.0 Å². The van der Waals surface area contributed by atoms with E-state index in [1.54, 1.807) is 18.7 Å². The quantitative estimate of drug-likeness (QED) is 0.908. The maximum Gasteiger partial charge on any atom is 0.133 e. The molecule has 6 heteroatoms. The Bertz CT molecular complexity index is 667. The molecule has 0 aliphatic heterocycles. The Labute approximate surface area is 131 Å². The van der Waals surface area contributed by atoms with Gasteiger partial charge in [0.1, 0.15) is 11.6 Å². The first-order valence-electron chi connectivity index (χ1n) is 6.77. The third-order valence-electron chi connectivity index (χ3n) is 3.61. The number of nitrogens with zero attached hydrogens (tertiary/aromatic N) is 2. The summed E-state index contributed by atoms with van der Waals surface area (Å²) in [4.78, 5) is 0. The zero-order valence-corrected chi connectivity index (χ0v) is 13.8. The molecule has 21 heavy (non-hydrogen) atoms. The molecule has 1 aromatic heterocycles. The molecule has 0 saturated carbocycles. The molecule has 2 rings (SSSR count). The lowest BCUT2D eigenvalue weighted by Crippen LogP contribution is -2.19. The minimum absolute atomic E-state index is 0.0684. The number of hydrogen-bond donors (Lipinski definition) is 1. The highest BCUT2D eigenvalue weighted by Gasteiger charge is 2.22. The van der Waals surface area contributed by atoms with Crippen molar-refractivity contribution in [2.24, 2.45) is 12.8 Å². The van der Waals surface area contributed by atoms with Crippen LogP contribution < -0.4 is 5.73 Å². The molecule has 0 aliphatic carbocycles. The summed E-state index contributed by atoms with van der Waals surface area (Å²) in [7, 11) is 1.80. The second-order valence-corrected chi connectivity index (χ2v) is 5.88. The van der Waals surface area contributed by atoms with Crippen molar-refractivity contribution in [3.8, 4) is 0 Å². The van der Waals surface area contributed by atoms with Crippen LogP contribution in [-0.4, -0.2) is 9.78 Å². The van der Waals surface area contributed by atoms with Crippen molar-refractivity contribution in [2.75, 3.05) is 0 Å². The van der Waals surface area contributed by atoms with Crippen molar-refractivity contribution in [2.45, 2.75) is 32.7 Å². The number of aryl methyl sites for hydroxylation is 3. The Morgan fingerprint density at radius 3 is 2.62 bits per heavy atom. The molecule has 0 aliphatic rings. The second-order valence-electron chi connectivity index (χ2n) is 5.09. The second kappa shape index (κ2) is 6.23. The molecule has 0 amide bonds. The maximum absolute atomic E-state index is 14.1. The van der Waals surface area contributed by atoms with Crippen LogP contribution in [0.15, 0.2) is 16.6 Å². The lowest BCUT2D eigenvalue weighted by Gasteiger charge is -2.15. The highest BCUT2D eigenvalue weighted by Crippen LogP contribution is 2.28. The molecule has 1 aromatic carbocycles. The molecule has 0 bridgehead atoms. The summed E-state index contributed by atoms with van der Waals surface area (Å²) >= 11 is 3.49. The summed E-state index contributed by atoms with van der Waals surface area (Å²) in [5.41, 5.74) is 8.11. The number of halogens is 3. The number of benzene rings is 1. The zero-order chi connectivity index (χ0) is 15.7. The first-order chi connectivity index (χ1) is 9.86. The topological polar surface area (TPSA) is 43.8 Å². The number of hydrogen-bond acceptors (Lipinski definition) is 2. The SMILES string of the molecule is CCc1nn(C)c(CC(N)c2c(F)ccc(C)c2F)c1Br. The van der Waals surface area contributed by atoms with Gasteiger partial charge >= 0.3 is 0 Å². The highest BCUT2D eigenvalue weighted by molar-refractivity contribution is 9.10. The number of aromatic nitrogens is 2. The van der Waals surface area contributed by atoms with E-state index in [2.05, 4.69) is 21.0 Å². The van der Waals surface area contributed by atoms with Gasteiger partial charge < -0.3 is 5.73 Å². The average Bonchev–Trinajstić information content (AvgIpc) is 2.71. The van der Waals surface area contributed by atoms with Crippen LogP contribution in [0.3, 0.4) is 0 Å². The first-order valence-corrected chi connectivity index (χ1v) is 7.56. The van der Waals surface area contributed by atoms with E-state index in [1.807, 2.05) is 6.92 Å². The Balaban J connectivity index is 2.37. The first kappa shape index (κ1) is 16.1. The van der Waals surface area contributed by atoms with Crippen LogP contribution in [0.2, 0.25) is 0 Å². The van der Waals surface area contributed by atoms with E-state index in [9.17, 15) is 8.78 Å². The minimum Gasteiger partial charge on any atom is -0.323 e. The average molecular weight is 358 g/mol. The Morgan fingerprint density at radius 2 is 2.05 bits per heavy atom. The van der Waals surface area contributed by atoms with Gasteiger partial charge in [0.2, 0.25) is 0 Å². The third-order valence-corrected chi connectivity index (χ3v) is 4.52. The summed E-state index contributed by atoms with van der Waals surface area (Å²) in [5.74, 6) is -1.18. The summed E-state index contributed by atoms with van der Waals surface area (Å²) in [6.45, 7) is 3.59. The van der Waals surface area contributed by atoms with Gasteiger partial charge in [-0.3, -0.25) is 4.68 Å². The van der Waals surface area contributed by atoms with Crippen LogP contribution in [0.1, 0.15) is 35.5 Å². The smallest absolute Gasteiger partial charge is 0.133 e. The van der Waals surface area contributed by atoms with Crippen molar-refractivity contribution in [3.05, 3.63) is 50.8 Å². The van der Waals surface area contributed by atoms with Gasteiger partial charge in [0.05, 0.1) is 15.9 Å². The van der Waals surface area contributed by atoms with Crippen molar-refractivity contribution >= 4 is 15.9 Å². The molecule has 2 aromatic rings. The molecule has 0 spiro atoms. The molecule has 3 nitrogen and oxygen atoms in total. The summed E-state index contributed by atoms with van der Waals surface area (Å²) in [6, 6.07) is 1.90. The number of rotatable bonds is 4. The highest BCUT2D eigenvalue weighted by atomic mass is 79.9. The monoisotopic (exact) mass is 357 g/mol. The third kappa shape index (κ3) is 3.01. The van der Waals surface area contributed by atoms with E-state index in [4.69, 9.17) is 5.73 Å². The fourth-order valence-electron chi connectivity index (χ4n) is 2.37. The largest absolute Gasteiger partial charge is 0.323 e. The maximum atomic E-state index is 14.1. The van der Waals surface area contributed by atoms with Gasteiger partial charge in [0, 0.05) is 25.1 Å². The van der Waals surface area contributed by atoms with Gasteiger partial charge in [0.15, 0.2) is 0 Å². The molecular weight excluding hydrogens is 340 g/mol. The van der Waals surface area contributed by atoms with Gasteiger partial charge in [-0.05, 0) is 40.9 Å². The van der Waals surface area contributed by atoms with Crippen molar-refractivity contribution in [3.63, 3.8) is 0 Å². The summed E-state index contributed by atoms with van der Waals surface area (Å²) < 4.78 is 30.6. The van der Waals surface area contributed by atoms with E-state index in [1.165, 1.54) is 12.1 Å². The van der Waals surface area contributed by atoms with Crippen LogP contribution in [0.5, 0.6) is 0 Å².